The molecule has 1 saturated carbocycles. The molecule has 1 aromatic heterocycles. The van der Waals surface area contributed by atoms with Crippen molar-refractivity contribution in [3.8, 4) is 0 Å². The molecule has 0 atom stereocenters. The second-order valence-corrected chi connectivity index (χ2v) is 3.76. The summed E-state index contributed by atoms with van der Waals surface area (Å²) in [5, 5.41) is 3.82. The number of methoxy groups -OCH3 is 1. The van der Waals surface area contributed by atoms with Crippen LogP contribution in [0, 0.1) is 5.92 Å². The molecule has 4 heteroatoms. The van der Waals surface area contributed by atoms with Gasteiger partial charge in [-0.1, -0.05) is 12.1 Å². The summed E-state index contributed by atoms with van der Waals surface area (Å²) in [5.74, 6) is 2.73. The molecule has 13 heavy (non-hydrogen) atoms. The smallest absolute Gasteiger partial charge is 0.229 e. The van der Waals surface area contributed by atoms with E-state index >= 15 is 0 Å². The van der Waals surface area contributed by atoms with Crippen LogP contribution in [-0.2, 0) is 11.3 Å². The maximum atomic E-state index is 5.13. The molecule has 1 heterocycles. The SMILES string of the molecule is COCc1noc(C2CC(C)C2)n1. The summed E-state index contributed by atoms with van der Waals surface area (Å²) in [5.41, 5.74) is 0. The predicted molar refractivity (Wildman–Crippen MR) is 46.2 cm³/mol. The molecule has 1 fully saturated rings. The van der Waals surface area contributed by atoms with E-state index in [0.717, 1.165) is 11.8 Å². The largest absolute Gasteiger partial charge is 0.377 e. The van der Waals surface area contributed by atoms with Crippen LogP contribution in [-0.4, -0.2) is 17.3 Å². The first-order chi connectivity index (χ1) is 6.29. The summed E-state index contributed by atoms with van der Waals surface area (Å²) in [6.07, 6.45) is 2.35. The van der Waals surface area contributed by atoms with Crippen molar-refractivity contribution in [3.63, 3.8) is 0 Å². The molecule has 0 aromatic carbocycles. The van der Waals surface area contributed by atoms with Gasteiger partial charge >= 0.3 is 0 Å². The Morgan fingerprint density at radius 1 is 1.54 bits per heavy atom. The first-order valence-corrected chi connectivity index (χ1v) is 4.61. The van der Waals surface area contributed by atoms with E-state index in [1.807, 2.05) is 0 Å². The maximum absolute atomic E-state index is 5.13. The molecular formula is C9H14N2O2. The molecule has 0 amide bonds. The lowest BCUT2D eigenvalue weighted by atomic mass is 9.76. The Morgan fingerprint density at radius 2 is 2.31 bits per heavy atom. The van der Waals surface area contributed by atoms with Gasteiger partial charge in [0.15, 0.2) is 5.82 Å². The predicted octanol–water partition coefficient (Wildman–Crippen LogP) is 1.73. The molecule has 72 valence electrons. The van der Waals surface area contributed by atoms with Gasteiger partial charge in [-0.15, -0.1) is 0 Å². The molecule has 0 radical (unpaired) electrons. The van der Waals surface area contributed by atoms with Gasteiger partial charge in [-0.05, 0) is 18.8 Å². The molecule has 0 aliphatic heterocycles. The van der Waals surface area contributed by atoms with Crippen LogP contribution in [0.4, 0.5) is 0 Å². The van der Waals surface area contributed by atoms with Gasteiger partial charge in [-0.2, -0.15) is 4.98 Å². The molecule has 1 aliphatic rings. The molecule has 0 N–H and O–H groups in total. The van der Waals surface area contributed by atoms with E-state index in [1.165, 1.54) is 12.8 Å². The summed E-state index contributed by atoms with van der Waals surface area (Å²) < 4.78 is 10.0. The second-order valence-electron chi connectivity index (χ2n) is 3.76. The monoisotopic (exact) mass is 182 g/mol. The van der Waals surface area contributed by atoms with E-state index in [1.54, 1.807) is 7.11 Å². The van der Waals surface area contributed by atoms with Crippen LogP contribution in [0.25, 0.3) is 0 Å². The molecule has 0 bridgehead atoms. The highest BCUT2D eigenvalue weighted by Gasteiger charge is 2.31. The zero-order chi connectivity index (χ0) is 9.26. The molecule has 2 rings (SSSR count). The number of ether oxygens (including phenoxy) is 1. The van der Waals surface area contributed by atoms with Crippen LogP contribution in [0.1, 0.15) is 37.4 Å². The van der Waals surface area contributed by atoms with E-state index in [2.05, 4.69) is 17.1 Å². The van der Waals surface area contributed by atoms with Crippen molar-refractivity contribution in [1.82, 2.24) is 10.1 Å². The van der Waals surface area contributed by atoms with Gasteiger partial charge in [0.1, 0.15) is 6.61 Å². The van der Waals surface area contributed by atoms with Gasteiger partial charge in [0, 0.05) is 13.0 Å². The van der Waals surface area contributed by atoms with Crippen LogP contribution in [0.3, 0.4) is 0 Å². The molecular weight excluding hydrogens is 168 g/mol. The van der Waals surface area contributed by atoms with E-state index < -0.39 is 0 Å². The van der Waals surface area contributed by atoms with Crippen LogP contribution in [0.2, 0.25) is 0 Å². The fraction of sp³-hybridized carbons (Fsp3) is 0.778. The van der Waals surface area contributed by atoms with Crippen LogP contribution in [0.5, 0.6) is 0 Å². The normalized spacial score (nSPS) is 27.2. The highest BCUT2D eigenvalue weighted by atomic mass is 16.5. The minimum absolute atomic E-state index is 0.436. The number of aromatic nitrogens is 2. The van der Waals surface area contributed by atoms with E-state index in [9.17, 15) is 0 Å². The van der Waals surface area contributed by atoms with Crippen molar-refractivity contribution in [2.75, 3.05) is 7.11 Å². The summed E-state index contributed by atoms with van der Waals surface area (Å²) in [6, 6.07) is 0. The zero-order valence-electron chi connectivity index (χ0n) is 7.99. The van der Waals surface area contributed by atoms with Gasteiger partial charge < -0.3 is 9.26 Å². The van der Waals surface area contributed by atoms with E-state index in [-0.39, 0.29) is 0 Å². The molecule has 1 aliphatic carbocycles. The molecule has 0 spiro atoms. The fourth-order valence-corrected chi connectivity index (χ4v) is 1.73. The molecule has 0 unspecified atom stereocenters. The topological polar surface area (TPSA) is 48.2 Å². The number of nitrogens with zero attached hydrogens (tertiary/aromatic N) is 2. The van der Waals surface area contributed by atoms with Crippen molar-refractivity contribution in [2.45, 2.75) is 32.3 Å². The Balaban J connectivity index is 1.97. The summed E-state index contributed by atoms with van der Waals surface area (Å²) >= 11 is 0. The second kappa shape index (κ2) is 3.46. The van der Waals surface area contributed by atoms with Crippen LogP contribution in [0.15, 0.2) is 4.52 Å². The first kappa shape index (κ1) is 8.69. The van der Waals surface area contributed by atoms with Crippen molar-refractivity contribution in [2.24, 2.45) is 5.92 Å². The Hall–Kier alpha value is -0.900. The summed E-state index contributed by atoms with van der Waals surface area (Å²) in [6.45, 7) is 2.68. The average Bonchev–Trinajstić information content (AvgIpc) is 2.48. The maximum Gasteiger partial charge on any atom is 0.229 e. The number of hydrogen-bond acceptors (Lipinski definition) is 4. The lowest BCUT2D eigenvalue weighted by Gasteiger charge is -2.29. The summed E-state index contributed by atoms with van der Waals surface area (Å²) in [7, 11) is 1.63. The van der Waals surface area contributed by atoms with Gasteiger partial charge in [-0.3, -0.25) is 0 Å². The molecule has 1 aromatic rings. The van der Waals surface area contributed by atoms with Crippen molar-refractivity contribution in [3.05, 3.63) is 11.7 Å². The minimum atomic E-state index is 0.436. The quantitative estimate of drug-likeness (QED) is 0.714. The van der Waals surface area contributed by atoms with E-state index in [0.29, 0.717) is 18.3 Å². The van der Waals surface area contributed by atoms with E-state index in [4.69, 9.17) is 9.26 Å². The third-order valence-corrected chi connectivity index (χ3v) is 2.48. The van der Waals surface area contributed by atoms with Gasteiger partial charge in [-0.25, -0.2) is 0 Å². The highest BCUT2D eigenvalue weighted by molar-refractivity contribution is 4.99. The Kier molecular flexibility index (Phi) is 2.31. The Morgan fingerprint density at radius 3 is 2.92 bits per heavy atom. The van der Waals surface area contributed by atoms with Crippen LogP contribution < -0.4 is 0 Å². The third-order valence-electron chi connectivity index (χ3n) is 2.48. The Bertz CT molecular complexity index is 279. The Labute approximate surface area is 77.3 Å². The highest BCUT2D eigenvalue weighted by Crippen LogP contribution is 2.40. The van der Waals surface area contributed by atoms with Gasteiger partial charge in [0.05, 0.1) is 0 Å². The van der Waals surface area contributed by atoms with Crippen molar-refractivity contribution >= 4 is 0 Å². The van der Waals surface area contributed by atoms with Crippen LogP contribution >= 0.6 is 0 Å². The first-order valence-electron chi connectivity index (χ1n) is 4.61. The third kappa shape index (κ3) is 1.72. The fourth-order valence-electron chi connectivity index (χ4n) is 1.73. The zero-order valence-corrected chi connectivity index (χ0v) is 7.99. The van der Waals surface area contributed by atoms with Gasteiger partial charge in [0.2, 0.25) is 5.89 Å². The van der Waals surface area contributed by atoms with Crippen molar-refractivity contribution in [1.29, 1.82) is 0 Å². The minimum Gasteiger partial charge on any atom is -0.377 e. The standard InChI is InChI=1S/C9H14N2O2/c1-6-3-7(4-6)9-10-8(5-12-2)11-13-9/h6-7H,3-5H2,1-2H3. The van der Waals surface area contributed by atoms with Crippen molar-refractivity contribution < 1.29 is 9.26 Å². The number of rotatable bonds is 3. The van der Waals surface area contributed by atoms with Gasteiger partial charge in [0.25, 0.3) is 0 Å². The lowest BCUT2D eigenvalue weighted by molar-refractivity contribution is 0.174. The average molecular weight is 182 g/mol. The summed E-state index contributed by atoms with van der Waals surface area (Å²) in [4.78, 5) is 4.25. The molecule has 0 saturated heterocycles. The molecule has 4 nitrogen and oxygen atoms in total. The number of hydrogen-bond donors (Lipinski definition) is 0. The lowest BCUT2D eigenvalue weighted by Crippen LogP contribution is -2.19.